The number of nitrogens with zero attached hydrogens (tertiary/aromatic N) is 1. The summed E-state index contributed by atoms with van der Waals surface area (Å²) in [5.74, 6) is 0. The Kier molecular flexibility index (Phi) is 5.31. The zero-order valence-corrected chi connectivity index (χ0v) is 24.9. The lowest BCUT2D eigenvalue weighted by molar-refractivity contribution is 0.630. The number of aromatic nitrogens is 1. The van der Waals surface area contributed by atoms with Gasteiger partial charge in [0.2, 0.25) is 0 Å². The highest BCUT2D eigenvalue weighted by atomic mass is 15.0. The number of hydrogen-bond acceptors (Lipinski definition) is 0. The molecule has 0 amide bonds. The molecule has 2 heterocycles. The topological polar surface area (TPSA) is 4.93 Å². The quantitative estimate of drug-likeness (QED) is 0.202. The molecule has 7 aromatic carbocycles. The second-order valence-electron chi connectivity index (χ2n) is 12.6. The highest BCUT2D eigenvalue weighted by Gasteiger charge is 2.34. The summed E-state index contributed by atoms with van der Waals surface area (Å²) in [5, 5.41) is 5.19. The van der Waals surface area contributed by atoms with Gasteiger partial charge < -0.3 is 4.57 Å². The Balaban J connectivity index is 1.16. The van der Waals surface area contributed by atoms with Crippen LogP contribution in [0.3, 0.4) is 0 Å². The van der Waals surface area contributed by atoms with Crippen LogP contribution < -0.4 is 0 Å². The van der Waals surface area contributed by atoms with Gasteiger partial charge in [-0.1, -0.05) is 147 Å². The van der Waals surface area contributed by atoms with Gasteiger partial charge >= 0.3 is 0 Å². The average Bonchev–Trinajstić information content (AvgIpc) is 3.42. The molecule has 0 radical (unpaired) electrons. The highest BCUT2D eigenvalue weighted by Crippen LogP contribution is 2.47. The summed E-state index contributed by atoms with van der Waals surface area (Å²) in [4.78, 5) is 0. The van der Waals surface area contributed by atoms with E-state index in [-0.39, 0.29) is 5.41 Å². The van der Waals surface area contributed by atoms with Crippen LogP contribution in [0.4, 0.5) is 0 Å². The predicted molar refractivity (Wildman–Crippen MR) is 187 cm³/mol. The molecule has 0 unspecified atom stereocenters. The Morgan fingerprint density at radius 1 is 0.409 bits per heavy atom. The van der Waals surface area contributed by atoms with Crippen molar-refractivity contribution in [2.75, 3.05) is 0 Å². The van der Waals surface area contributed by atoms with Crippen molar-refractivity contribution in [1.82, 2.24) is 4.57 Å². The Bertz CT molecular complexity index is 2390. The number of para-hydroxylation sites is 2. The summed E-state index contributed by atoms with van der Waals surface area (Å²) < 4.78 is 2.48. The van der Waals surface area contributed by atoms with E-state index in [0.29, 0.717) is 0 Å². The monoisotopic (exact) mass is 561 g/mol. The van der Waals surface area contributed by atoms with Crippen LogP contribution in [0, 0.1) is 0 Å². The molecule has 9 rings (SSSR count). The van der Waals surface area contributed by atoms with Crippen LogP contribution in [0.1, 0.15) is 25.0 Å². The van der Waals surface area contributed by atoms with Crippen molar-refractivity contribution in [2.45, 2.75) is 19.3 Å². The smallest absolute Gasteiger partial charge is 0.0582 e. The van der Waals surface area contributed by atoms with Crippen LogP contribution in [0.5, 0.6) is 0 Å². The first kappa shape index (κ1) is 25.1. The molecule has 1 nitrogen and oxygen atoms in total. The van der Waals surface area contributed by atoms with Gasteiger partial charge in [0.05, 0.1) is 16.7 Å². The number of benzene rings is 7. The molecule has 0 saturated carbocycles. The molecule has 0 saturated heterocycles. The lowest BCUT2D eigenvalue weighted by Crippen LogP contribution is -2.26. The van der Waals surface area contributed by atoms with E-state index >= 15 is 0 Å². The fourth-order valence-electron chi connectivity index (χ4n) is 7.61. The summed E-state index contributed by atoms with van der Waals surface area (Å²) in [6.45, 7) is 4.71. The van der Waals surface area contributed by atoms with Gasteiger partial charge in [0, 0.05) is 16.2 Å². The van der Waals surface area contributed by atoms with Gasteiger partial charge in [-0.25, -0.2) is 0 Å². The maximum Gasteiger partial charge on any atom is 0.0582 e. The van der Waals surface area contributed by atoms with Gasteiger partial charge in [-0.05, 0) is 73.5 Å². The van der Waals surface area contributed by atoms with Gasteiger partial charge in [-0.3, -0.25) is 0 Å². The minimum atomic E-state index is -0.0530. The molecule has 0 N–H and O–H groups in total. The Morgan fingerprint density at radius 2 is 0.977 bits per heavy atom. The molecule has 208 valence electrons. The van der Waals surface area contributed by atoms with Crippen molar-refractivity contribution in [3.63, 3.8) is 0 Å². The first-order valence-electron chi connectivity index (χ1n) is 15.5. The Labute approximate surface area is 257 Å². The van der Waals surface area contributed by atoms with Crippen LogP contribution in [0.15, 0.2) is 152 Å². The van der Waals surface area contributed by atoms with Crippen molar-refractivity contribution in [1.29, 1.82) is 0 Å². The van der Waals surface area contributed by atoms with Crippen molar-refractivity contribution < 1.29 is 0 Å². The zero-order valence-electron chi connectivity index (χ0n) is 24.9. The molecule has 0 aliphatic carbocycles. The maximum atomic E-state index is 2.48. The molecule has 0 fully saturated rings. The standard InChI is InChI=1S/C43H31N/c1-43(2)38-16-8-9-18-41(38)44-40-26-23-31(27-37(40)36-15-10-17-39(43)42(36)44)28-19-21-30(22-20-28)33-25-24-32(29-11-4-3-5-12-29)34-13-6-7-14-35(33)34/h3-27H,1-2H3. The first-order chi connectivity index (χ1) is 21.6. The molecule has 0 bridgehead atoms. The van der Waals surface area contributed by atoms with Crippen molar-refractivity contribution in [3.8, 4) is 39.1 Å². The van der Waals surface area contributed by atoms with Gasteiger partial charge in [0.1, 0.15) is 0 Å². The second kappa shape index (κ2) is 9.30. The molecule has 1 aromatic heterocycles. The van der Waals surface area contributed by atoms with Gasteiger partial charge in [0.15, 0.2) is 0 Å². The normalized spacial score (nSPS) is 13.4. The third-order valence-corrected chi connectivity index (χ3v) is 9.82. The van der Waals surface area contributed by atoms with Gasteiger partial charge in [0.25, 0.3) is 0 Å². The molecule has 1 aliphatic rings. The molecule has 1 heteroatoms. The summed E-state index contributed by atoms with van der Waals surface area (Å²) in [7, 11) is 0. The lowest BCUT2D eigenvalue weighted by Gasteiger charge is -2.34. The molecule has 0 spiro atoms. The van der Waals surface area contributed by atoms with E-state index in [1.165, 1.54) is 82.8 Å². The molecular formula is C43H31N. The van der Waals surface area contributed by atoms with E-state index in [0.717, 1.165) is 0 Å². The predicted octanol–water partition coefficient (Wildman–Crippen LogP) is 11.6. The summed E-state index contributed by atoms with van der Waals surface area (Å²) in [6, 6.07) is 55.8. The summed E-state index contributed by atoms with van der Waals surface area (Å²) in [6.07, 6.45) is 0. The van der Waals surface area contributed by atoms with Crippen molar-refractivity contribution >= 4 is 32.6 Å². The largest absolute Gasteiger partial charge is 0.309 e. The van der Waals surface area contributed by atoms with E-state index in [1.807, 2.05) is 0 Å². The van der Waals surface area contributed by atoms with E-state index < -0.39 is 0 Å². The van der Waals surface area contributed by atoms with Crippen LogP contribution in [-0.2, 0) is 5.41 Å². The molecule has 44 heavy (non-hydrogen) atoms. The third-order valence-electron chi connectivity index (χ3n) is 9.82. The Hall–Kier alpha value is -5.40. The first-order valence-corrected chi connectivity index (χ1v) is 15.5. The van der Waals surface area contributed by atoms with Crippen LogP contribution >= 0.6 is 0 Å². The summed E-state index contributed by atoms with van der Waals surface area (Å²) in [5.41, 5.74) is 14.1. The summed E-state index contributed by atoms with van der Waals surface area (Å²) >= 11 is 0. The molecule has 8 aromatic rings. The van der Waals surface area contributed by atoms with Gasteiger partial charge in [-0.15, -0.1) is 0 Å². The van der Waals surface area contributed by atoms with E-state index in [2.05, 4.69) is 170 Å². The fraction of sp³-hybridized carbons (Fsp3) is 0.0698. The van der Waals surface area contributed by atoms with E-state index in [1.54, 1.807) is 0 Å². The van der Waals surface area contributed by atoms with Crippen LogP contribution in [-0.4, -0.2) is 4.57 Å². The maximum absolute atomic E-state index is 2.48. The molecular weight excluding hydrogens is 530 g/mol. The molecule has 1 aliphatic heterocycles. The second-order valence-corrected chi connectivity index (χ2v) is 12.6. The molecule has 0 atom stereocenters. The van der Waals surface area contributed by atoms with Gasteiger partial charge in [-0.2, -0.15) is 0 Å². The highest BCUT2D eigenvalue weighted by molar-refractivity contribution is 6.12. The SMILES string of the molecule is CC1(C)c2ccccc2-n2c3ccc(-c4ccc(-c5ccc(-c6ccccc6)c6ccccc56)cc4)cc3c3cccc1c32. The number of rotatable bonds is 3. The van der Waals surface area contributed by atoms with Crippen molar-refractivity contribution in [2.24, 2.45) is 0 Å². The Morgan fingerprint density at radius 3 is 1.73 bits per heavy atom. The zero-order chi connectivity index (χ0) is 29.4. The fourth-order valence-corrected chi connectivity index (χ4v) is 7.61. The number of fused-ring (bicyclic) bond motifs is 6. The van der Waals surface area contributed by atoms with Crippen LogP contribution in [0.2, 0.25) is 0 Å². The third kappa shape index (κ3) is 3.53. The lowest BCUT2D eigenvalue weighted by atomic mass is 9.75. The van der Waals surface area contributed by atoms with Crippen molar-refractivity contribution in [3.05, 3.63) is 163 Å². The minimum absolute atomic E-state index is 0.0530. The average molecular weight is 562 g/mol. The van der Waals surface area contributed by atoms with E-state index in [4.69, 9.17) is 0 Å². The van der Waals surface area contributed by atoms with Crippen LogP contribution in [0.25, 0.3) is 71.6 Å². The van der Waals surface area contributed by atoms with E-state index in [9.17, 15) is 0 Å². The number of hydrogen-bond donors (Lipinski definition) is 0. The minimum Gasteiger partial charge on any atom is -0.309 e.